The Morgan fingerprint density at radius 2 is 2.06 bits per heavy atom. The maximum absolute atomic E-state index is 5.81. The fourth-order valence-electron chi connectivity index (χ4n) is 2.40. The molecular formula is C14H21N3O. The van der Waals surface area contributed by atoms with Crippen molar-refractivity contribution >= 4 is 0 Å². The van der Waals surface area contributed by atoms with Crippen LogP contribution in [0, 0.1) is 6.92 Å². The largest absolute Gasteiger partial charge is 0.460 e. The van der Waals surface area contributed by atoms with Gasteiger partial charge < -0.3 is 10.1 Å². The Bertz CT molecular complexity index is 412. The zero-order valence-electron chi connectivity index (χ0n) is 11.0. The van der Waals surface area contributed by atoms with Gasteiger partial charge in [0.1, 0.15) is 6.10 Å². The predicted octanol–water partition coefficient (Wildman–Crippen LogP) is 2.36. The summed E-state index contributed by atoms with van der Waals surface area (Å²) in [7, 11) is 0. The molecule has 1 N–H and O–H groups in total. The zero-order valence-corrected chi connectivity index (χ0v) is 11.0. The second-order valence-electron chi connectivity index (χ2n) is 5.44. The second kappa shape index (κ2) is 5.22. The average Bonchev–Trinajstić information content (AvgIpc) is 3.05. The minimum absolute atomic E-state index is 0.333. The van der Waals surface area contributed by atoms with Gasteiger partial charge in [0.05, 0.1) is 0 Å². The fraction of sp³-hybridized carbons (Fsp3) is 0.714. The topological polar surface area (TPSA) is 47.0 Å². The molecule has 0 radical (unpaired) electrons. The summed E-state index contributed by atoms with van der Waals surface area (Å²) in [5.74, 6) is 0. The molecule has 98 valence electrons. The Balaban J connectivity index is 1.59. The summed E-state index contributed by atoms with van der Waals surface area (Å²) in [4.78, 5) is 8.79. The van der Waals surface area contributed by atoms with Gasteiger partial charge in [0.25, 0.3) is 0 Å². The second-order valence-corrected chi connectivity index (χ2v) is 5.44. The van der Waals surface area contributed by atoms with Crippen LogP contribution in [0.25, 0.3) is 0 Å². The smallest absolute Gasteiger partial charge is 0.316 e. The van der Waals surface area contributed by atoms with Gasteiger partial charge in [-0.05, 0) is 45.4 Å². The molecule has 0 saturated heterocycles. The van der Waals surface area contributed by atoms with E-state index in [0.29, 0.717) is 12.1 Å². The van der Waals surface area contributed by atoms with E-state index >= 15 is 0 Å². The minimum Gasteiger partial charge on any atom is -0.460 e. The summed E-state index contributed by atoms with van der Waals surface area (Å²) in [6, 6.07) is 1.27. The van der Waals surface area contributed by atoms with Crippen LogP contribution < -0.4 is 10.1 Å². The fourth-order valence-corrected chi connectivity index (χ4v) is 2.40. The quantitative estimate of drug-likeness (QED) is 0.867. The highest BCUT2D eigenvalue weighted by Gasteiger charge is 2.21. The molecular weight excluding hydrogens is 226 g/mol. The molecule has 3 rings (SSSR count). The first kappa shape index (κ1) is 11.9. The van der Waals surface area contributed by atoms with Gasteiger partial charge in [-0.3, -0.25) is 0 Å². The number of nitrogens with one attached hydrogen (secondary N) is 1. The minimum atomic E-state index is 0.333. The normalized spacial score (nSPS) is 20.3. The lowest BCUT2D eigenvalue weighted by atomic mass is 10.2. The first-order valence-corrected chi connectivity index (χ1v) is 7.04. The van der Waals surface area contributed by atoms with E-state index in [1.165, 1.54) is 31.2 Å². The summed E-state index contributed by atoms with van der Waals surface area (Å²) >= 11 is 0. The molecule has 4 heteroatoms. The third-order valence-corrected chi connectivity index (χ3v) is 3.79. The first-order chi connectivity index (χ1) is 8.81. The van der Waals surface area contributed by atoms with Crippen LogP contribution in [0.2, 0.25) is 0 Å². The lowest BCUT2D eigenvalue weighted by molar-refractivity contribution is 0.191. The number of aryl methyl sites for hydroxylation is 1. The van der Waals surface area contributed by atoms with Crippen LogP contribution >= 0.6 is 0 Å². The van der Waals surface area contributed by atoms with Crippen LogP contribution in [0.3, 0.4) is 0 Å². The number of ether oxygens (including phenoxy) is 1. The molecule has 0 aliphatic heterocycles. The first-order valence-electron chi connectivity index (χ1n) is 7.04. The third-order valence-electron chi connectivity index (χ3n) is 3.79. The molecule has 1 aromatic heterocycles. The third kappa shape index (κ3) is 2.99. The molecule has 0 spiro atoms. The van der Waals surface area contributed by atoms with Crippen molar-refractivity contribution in [2.24, 2.45) is 0 Å². The van der Waals surface area contributed by atoms with Crippen LogP contribution in [-0.2, 0) is 6.54 Å². The van der Waals surface area contributed by atoms with Crippen LogP contribution in [0.1, 0.15) is 49.8 Å². The van der Waals surface area contributed by atoms with Crippen LogP contribution in [0.4, 0.5) is 0 Å². The Morgan fingerprint density at radius 3 is 2.72 bits per heavy atom. The molecule has 18 heavy (non-hydrogen) atoms. The Hall–Kier alpha value is -1.16. The van der Waals surface area contributed by atoms with E-state index in [4.69, 9.17) is 4.74 Å². The van der Waals surface area contributed by atoms with Gasteiger partial charge in [0.2, 0.25) is 0 Å². The molecule has 0 unspecified atom stereocenters. The van der Waals surface area contributed by atoms with Crippen molar-refractivity contribution in [3.63, 3.8) is 0 Å². The van der Waals surface area contributed by atoms with E-state index in [-0.39, 0.29) is 0 Å². The van der Waals surface area contributed by atoms with Crippen LogP contribution in [0.15, 0.2) is 6.20 Å². The Labute approximate surface area is 108 Å². The molecule has 4 nitrogen and oxygen atoms in total. The lowest BCUT2D eigenvalue weighted by Gasteiger charge is -2.12. The van der Waals surface area contributed by atoms with E-state index in [2.05, 4.69) is 15.3 Å². The summed E-state index contributed by atoms with van der Waals surface area (Å²) in [5.41, 5.74) is 2.21. The van der Waals surface area contributed by atoms with E-state index in [0.717, 1.165) is 31.1 Å². The van der Waals surface area contributed by atoms with Gasteiger partial charge in [0, 0.05) is 30.0 Å². The molecule has 0 bridgehead atoms. The molecule has 2 aliphatic rings. The van der Waals surface area contributed by atoms with E-state index in [1.807, 2.05) is 13.1 Å². The van der Waals surface area contributed by atoms with Crippen molar-refractivity contribution in [2.75, 3.05) is 0 Å². The maximum Gasteiger partial charge on any atom is 0.316 e. The van der Waals surface area contributed by atoms with Crippen molar-refractivity contribution in [1.29, 1.82) is 0 Å². The maximum atomic E-state index is 5.81. The summed E-state index contributed by atoms with van der Waals surface area (Å²) in [6.07, 6.45) is 9.69. The van der Waals surface area contributed by atoms with Crippen molar-refractivity contribution in [3.05, 3.63) is 17.5 Å². The standard InChI is InChI=1S/C14H21N3O/c1-10-11(8-15-12-6-7-12)9-16-14(17-10)18-13-4-2-3-5-13/h9,12-13,15H,2-8H2,1H3. The Kier molecular flexibility index (Phi) is 3.46. The number of hydrogen-bond acceptors (Lipinski definition) is 4. The molecule has 2 saturated carbocycles. The van der Waals surface area contributed by atoms with Gasteiger partial charge in [-0.2, -0.15) is 0 Å². The highest BCUT2D eigenvalue weighted by Crippen LogP contribution is 2.23. The zero-order chi connectivity index (χ0) is 12.4. The molecule has 2 fully saturated rings. The highest BCUT2D eigenvalue weighted by molar-refractivity contribution is 5.18. The lowest BCUT2D eigenvalue weighted by Crippen LogP contribution is -2.18. The number of hydrogen-bond donors (Lipinski definition) is 1. The number of rotatable bonds is 5. The van der Waals surface area contributed by atoms with E-state index in [1.54, 1.807) is 0 Å². The van der Waals surface area contributed by atoms with E-state index < -0.39 is 0 Å². The van der Waals surface area contributed by atoms with Crippen molar-refractivity contribution in [2.45, 2.75) is 64.1 Å². The van der Waals surface area contributed by atoms with E-state index in [9.17, 15) is 0 Å². The molecule has 0 aromatic carbocycles. The van der Waals surface area contributed by atoms with Gasteiger partial charge >= 0.3 is 6.01 Å². The molecule has 0 atom stereocenters. The predicted molar refractivity (Wildman–Crippen MR) is 69.5 cm³/mol. The Morgan fingerprint density at radius 1 is 1.28 bits per heavy atom. The molecule has 1 heterocycles. The van der Waals surface area contributed by atoms with Crippen molar-refractivity contribution < 1.29 is 4.74 Å². The number of nitrogens with zero attached hydrogens (tertiary/aromatic N) is 2. The number of aromatic nitrogens is 2. The molecule has 1 aromatic rings. The monoisotopic (exact) mass is 247 g/mol. The molecule has 0 amide bonds. The van der Waals surface area contributed by atoms with Crippen molar-refractivity contribution in [3.8, 4) is 6.01 Å². The summed E-state index contributed by atoms with van der Waals surface area (Å²) < 4.78 is 5.81. The van der Waals surface area contributed by atoms with Gasteiger partial charge in [0.15, 0.2) is 0 Å². The van der Waals surface area contributed by atoms with Crippen LogP contribution in [0.5, 0.6) is 6.01 Å². The van der Waals surface area contributed by atoms with Gasteiger partial charge in [-0.15, -0.1) is 0 Å². The SMILES string of the molecule is Cc1nc(OC2CCCC2)ncc1CNC1CC1. The molecule has 2 aliphatic carbocycles. The van der Waals surface area contributed by atoms with Crippen molar-refractivity contribution in [1.82, 2.24) is 15.3 Å². The highest BCUT2D eigenvalue weighted by atomic mass is 16.5. The average molecular weight is 247 g/mol. The summed E-state index contributed by atoms with van der Waals surface area (Å²) in [5, 5.41) is 3.49. The van der Waals surface area contributed by atoms with Gasteiger partial charge in [-0.1, -0.05) is 0 Å². The van der Waals surface area contributed by atoms with Crippen LogP contribution in [-0.4, -0.2) is 22.1 Å². The van der Waals surface area contributed by atoms with Gasteiger partial charge in [-0.25, -0.2) is 9.97 Å². The summed E-state index contributed by atoms with van der Waals surface area (Å²) in [6.45, 7) is 2.91.